The van der Waals surface area contributed by atoms with E-state index in [4.69, 9.17) is 9.84 Å². The number of hydrogen-bond acceptors (Lipinski definition) is 4. The van der Waals surface area contributed by atoms with Crippen molar-refractivity contribution in [1.29, 1.82) is 0 Å². The number of carbonyl (C=O) groups is 3. The van der Waals surface area contributed by atoms with Gasteiger partial charge in [0.25, 0.3) is 5.91 Å². The van der Waals surface area contributed by atoms with Crippen LogP contribution < -0.4 is 4.74 Å². The third-order valence-electron chi connectivity index (χ3n) is 6.17. The Hall–Kier alpha value is -3.93. The first-order valence-corrected chi connectivity index (χ1v) is 12.7. The van der Waals surface area contributed by atoms with Crippen LogP contribution in [0.1, 0.15) is 72.7 Å². The molecule has 0 saturated carbocycles. The maximum absolute atomic E-state index is 13.4. The Kier molecular flexibility index (Phi) is 10.0. The lowest BCUT2D eigenvalue weighted by Gasteiger charge is -2.27. The molecule has 0 aliphatic heterocycles. The Morgan fingerprint density at radius 1 is 0.838 bits per heavy atom. The molecule has 37 heavy (non-hydrogen) atoms. The number of Topliss-reactive ketones (excluding diaryl/α,β-unsaturated/α-hetero) is 1. The monoisotopic (exact) mass is 501 g/mol. The Morgan fingerprint density at radius 3 is 2.24 bits per heavy atom. The minimum Gasteiger partial charge on any atom is -0.494 e. The molecule has 0 fully saturated rings. The molecule has 0 unspecified atom stereocenters. The molecule has 3 rings (SSSR count). The molecule has 6 nitrogen and oxygen atoms in total. The highest BCUT2D eigenvalue weighted by Crippen LogP contribution is 2.23. The van der Waals surface area contributed by atoms with Gasteiger partial charge in [0.05, 0.1) is 6.61 Å². The molecule has 1 amide bonds. The van der Waals surface area contributed by atoms with Crippen molar-refractivity contribution in [2.75, 3.05) is 6.61 Å². The zero-order valence-electron chi connectivity index (χ0n) is 21.8. The van der Waals surface area contributed by atoms with Gasteiger partial charge in [0.2, 0.25) is 0 Å². The van der Waals surface area contributed by atoms with Gasteiger partial charge >= 0.3 is 5.97 Å². The van der Waals surface area contributed by atoms with Crippen molar-refractivity contribution in [2.24, 2.45) is 0 Å². The van der Waals surface area contributed by atoms with Gasteiger partial charge in [-0.15, -0.1) is 0 Å². The van der Waals surface area contributed by atoms with E-state index in [9.17, 15) is 14.4 Å². The fourth-order valence-corrected chi connectivity index (χ4v) is 4.05. The van der Waals surface area contributed by atoms with E-state index in [2.05, 4.69) is 0 Å². The second-order valence-corrected chi connectivity index (χ2v) is 9.44. The SMILES string of the molecule is CC(=O)c1cccc(-c2ccc(C(=O)N(Cc3cccc(OCCCCCC(=O)O)c3)C(C)C)cc2)c1. The van der Waals surface area contributed by atoms with E-state index in [1.807, 2.05) is 85.5 Å². The number of carboxylic acids is 1. The molecular weight excluding hydrogens is 466 g/mol. The number of ether oxygens (including phenoxy) is 1. The second-order valence-electron chi connectivity index (χ2n) is 9.44. The van der Waals surface area contributed by atoms with Crippen LogP contribution >= 0.6 is 0 Å². The number of aliphatic carboxylic acids is 1. The van der Waals surface area contributed by atoms with Gasteiger partial charge in [-0.1, -0.05) is 42.5 Å². The summed E-state index contributed by atoms with van der Waals surface area (Å²) in [5.74, 6) is -0.0625. The number of nitrogens with zero attached hydrogens (tertiary/aromatic N) is 1. The highest BCUT2D eigenvalue weighted by atomic mass is 16.5. The number of benzene rings is 3. The number of carbonyl (C=O) groups excluding carboxylic acids is 2. The lowest BCUT2D eigenvalue weighted by Crippen LogP contribution is -2.36. The van der Waals surface area contributed by atoms with Gasteiger partial charge in [-0.3, -0.25) is 14.4 Å². The number of ketones is 1. The van der Waals surface area contributed by atoms with Crippen molar-refractivity contribution in [3.63, 3.8) is 0 Å². The largest absolute Gasteiger partial charge is 0.494 e. The summed E-state index contributed by atoms with van der Waals surface area (Å²) in [7, 11) is 0. The number of hydrogen-bond donors (Lipinski definition) is 1. The third kappa shape index (κ3) is 8.31. The van der Waals surface area contributed by atoms with Crippen LogP contribution in [0.3, 0.4) is 0 Å². The van der Waals surface area contributed by atoms with Gasteiger partial charge in [-0.25, -0.2) is 0 Å². The lowest BCUT2D eigenvalue weighted by atomic mass is 10.00. The molecule has 0 heterocycles. The van der Waals surface area contributed by atoms with Crippen LogP contribution in [0, 0.1) is 0 Å². The van der Waals surface area contributed by atoms with E-state index in [0.717, 1.165) is 35.3 Å². The van der Waals surface area contributed by atoms with Crippen LogP contribution in [-0.4, -0.2) is 40.3 Å². The Labute approximate surface area is 218 Å². The van der Waals surface area contributed by atoms with Crippen LogP contribution in [0.2, 0.25) is 0 Å². The number of rotatable bonds is 13. The molecular formula is C31H35NO5. The molecule has 0 radical (unpaired) electrons. The highest BCUT2D eigenvalue weighted by molar-refractivity contribution is 5.96. The summed E-state index contributed by atoms with van der Waals surface area (Å²) < 4.78 is 5.85. The third-order valence-corrected chi connectivity index (χ3v) is 6.17. The van der Waals surface area contributed by atoms with E-state index < -0.39 is 5.97 Å². The number of amides is 1. The summed E-state index contributed by atoms with van der Waals surface area (Å²) in [5, 5.41) is 8.72. The predicted octanol–water partition coefficient (Wildman–Crippen LogP) is 6.63. The molecule has 194 valence electrons. The summed E-state index contributed by atoms with van der Waals surface area (Å²) >= 11 is 0. The molecule has 0 spiro atoms. The van der Waals surface area contributed by atoms with E-state index in [-0.39, 0.29) is 24.2 Å². The van der Waals surface area contributed by atoms with Crippen LogP contribution in [-0.2, 0) is 11.3 Å². The van der Waals surface area contributed by atoms with Crippen molar-refractivity contribution in [1.82, 2.24) is 4.90 Å². The molecule has 0 aliphatic rings. The molecule has 0 aromatic heterocycles. The van der Waals surface area contributed by atoms with Crippen molar-refractivity contribution in [2.45, 2.75) is 59.0 Å². The zero-order valence-corrected chi connectivity index (χ0v) is 21.8. The quantitative estimate of drug-likeness (QED) is 0.210. The summed E-state index contributed by atoms with van der Waals surface area (Å²) in [5.41, 5.74) is 4.12. The Bertz CT molecular complexity index is 1220. The fraction of sp³-hybridized carbons (Fsp3) is 0.323. The first-order chi connectivity index (χ1) is 17.7. The molecule has 6 heteroatoms. The van der Waals surface area contributed by atoms with Crippen LogP contribution in [0.25, 0.3) is 11.1 Å². The molecule has 0 saturated heterocycles. The Balaban J connectivity index is 1.64. The molecule has 0 atom stereocenters. The van der Waals surface area contributed by atoms with Crippen molar-refractivity contribution in [3.05, 3.63) is 89.5 Å². The standard InChI is InChI=1S/C31H35NO5/c1-22(2)32(21-24-9-7-12-29(19-24)37-18-6-4-5-13-30(34)35)31(36)26-16-14-25(15-17-26)28-11-8-10-27(20-28)23(3)33/h7-12,14-17,19-20,22H,4-6,13,18,21H2,1-3H3,(H,34,35). The first kappa shape index (κ1) is 27.7. The van der Waals surface area contributed by atoms with Gasteiger partial charge in [0.15, 0.2) is 5.78 Å². The molecule has 3 aromatic carbocycles. The van der Waals surface area contributed by atoms with Crippen molar-refractivity contribution in [3.8, 4) is 16.9 Å². The molecule has 3 aromatic rings. The summed E-state index contributed by atoms with van der Waals surface area (Å²) in [4.78, 5) is 37.5. The average Bonchev–Trinajstić information content (AvgIpc) is 2.89. The van der Waals surface area contributed by atoms with Gasteiger partial charge in [0, 0.05) is 30.1 Å². The fourth-order valence-electron chi connectivity index (χ4n) is 4.05. The minimum absolute atomic E-state index is 0.00163. The topological polar surface area (TPSA) is 83.9 Å². The van der Waals surface area contributed by atoms with Crippen molar-refractivity contribution >= 4 is 17.7 Å². The van der Waals surface area contributed by atoms with Crippen molar-refractivity contribution < 1.29 is 24.2 Å². The summed E-state index contributed by atoms with van der Waals surface area (Å²) in [6, 6.07) is 22.7. The van der Waals surface area contributed by atoms with Gasteiger partial charge < -0.3 is 14.7 Å². The second kappa shape index (κ2) is 13.4. The molecule has 0 aliphatic carbocycles. The van der Waals surface area contributed by atoms with Crippen LogP contribution in [0.5, 0.6) is 5.75 Å². The Morgan fingerprint density at radius 2 is 1.57 bits per heavy atom. The first-order valence-electron chi connectivity index (χ1n) is 12.7. The molecule has 1 N–H and O–H groups in total. The van der Waals surface area contributed by atoms with E-state index in [0.29, 0.717) is 30.7 Å². The van der Waals surface area contributed by atoms with Gasteiger partial charge in [-0.2, -0.15) is 0 Å². The van der Waals surface area contributed by atoms with Gasteiger partial charge in [-0.05, 0) is 87.1 Å². The van der Waals surface area contributed by atoms with E-state index in [1.165, 1.54) is 0 Å². The zero-order chi connectivity index (χ0) is 26.8. The lowest BCUT2D eigenvalue weighted by molar-refractivity contribution is -0.137. The minimum atomic E-state index is -0.770. The average molecular weight is 502 g/mol. The summed E-state index contributed by atoms with van der Waals surface area (Å²) in [6.07, 6.45) is 2.44. The smallest absolute Gasteiger partial charge is 0.303 e. The van der Waals surface area contributed by atoms with Gasteiger partial charge in [0.1, 0.15) is 5.75 Å². The normalized spacial score (nSPS) is 10.8. The number of unbranched alkanes of at least 4 members (excludes halogenated alkanes) is 2. The van der Waals surface area contributed by atoms with Crippen LogP contribution in [0.4, 0.5) is 0 Å². The molecule has 0 bridgehead atoms. The highest BCUT2D eigenvalue weighted by Gasteiger charge is 2.19. The maximum Gasteiger partial charge on any atom is 0.303 e. The maximum atomic E-state index is 13.4. The van der Waals surface area contributed by atoms with Crippen LogP contribution in [0.15, 0.2) is 72.8 Å². The van der Waals surface area contributed by atoms with E-state index in [1.54, 1.807) is 13.0 Å². The predicted molar refractivity (Wildman–Crippen MR) is 145 cm³/mol. The number of carboxylic acid groups (broad SMARTS) is 1. The van der Waals surface area contributed by atoms with E-state index >= 15 is 0 Å². The summed E-state index contributed by atoms with van der Waals surface area (Å²) in [6.45, 7) is 6.52.